The molecule has 1 saturated heterocycles. The summed E-state index contributed by atoms with van der Waals surface area (Å²) in [5.74, 6) is -3.11. The molecule has 2 aliphatic carbocycles. The van der Waals surface area contributed by atoms with Crippen LogP contribution in [0, 0.1) is 11.8 Å². The van der Waals surface area contributed by atoms with E-state index < -0.39 is 68.7 Å². The fraction of sp³-hybridized carbons (Fsp3) is 0.618. The molecular formula is C34H45N5O8S. The number of aryl methyl sites for hydroxylation is 1. The number of carbonyl (C=O) groups excluding carboxylic acids is 5. The van der Waals surface area contributed by atoms with Gasteiger partial charge in [0.1, 0.15) is 23.7 Å². The smallest absolute Gasteiger partial charge is 0.410 e. The number of nitrogens with zero attached hydrogens (tertiary/aromatic N) is 2. The summed E-state index contributed by atoms with van der Waals surface area (Å²) in [7, 11) is -3.88. The van der Waals surface area contributed by atoms with E-state index in [9.17, 15) is 32.4 Å². The molecule has 3 aliphatic heterocycles. The Kier molecular flexibility index (Phi) is 9.31. The monoisotopic (exact) mass is 683 g/mol. The zero-order valence-electron chi connectivity index (χ0n) is 27.5. The number of fused-ring (bicyclic) bond motifs is 3. The van der Waals surface area contributed by atoms with E-state index in [4.69, 9.17) is 4.74 Å². The van der Waals surface area contributed by atoms with Crippen LogP contribution in [0.3, 0.4) is 0 Å². The van der Waals surface area contributed by atoms with Crippen molar-refractivity contribution in [3.8, 4) is 0 Å². The highest BCUT2D eigenvalue weighted by Crippen LogP contribution is 2.45. The molecule has 14 heteroatoms. The van der Waals surface area contributed by atoms with Gasteiger partial charge in [-0.05, 0) is 61.1 Å². The van der Waals surface area contributed by atoms with E-state index in [1.54, 1.807) is 18.7 Å². The highest BCUT2D eigenvalue weighted by molar-refractivity contribution is 7.91. The fourth-order valence-electron chi connectivity index (χ4n) is 7.18. The summed E-state index contributed by atoms with van der Waals surface area (Å²) in [6.07, 6.45) is 4.58. The van der Waals surface area contributed by atoms with Crippen molar-refractivity contribution in [2.75, 3.05) is 6.54 Å². The molecule has 0 spiro atoms. The van der Waals surface area contributed by atoms with Gasteiger partial charge in [-0.25, -0.2) is 13.2 Å². The molecule has 5 amide bonds. The quantitative estimate of drug-likeness (QED) is 0.367. The van der Waals surface area contributed by atoms with Crippen LogP contribution in [0.25, 0.3) is 0 Å². The first-order chi connectivity index (χ1) is 22.8. The largest absolute Gasteiger partial charge is 0.444 e. The number of amides is 5. The Hall–Kier alpha value is -3.94. The summed E-state index contributed by atoms with van der Waals surface area (Å²) in [4.78, 5) is 70.9. The van der Waals surface area contributed by atoms with Crippen molar-refractivity contribution < 1.29 is 37.1 Å². The van der Waals surface area contributed by atoms with Crippen LogP contribution in [0.4, 0.5) is 4.79 Å². The summed E-state index contributed by atoms with van der Waals surface area (Å²) in [6, 6.07) is 3.97. The summed E-state index contributed by atoms with van der Waals surface area (Å²) in [6.45, 7) is 8.04. The number of ether oxygens (including phenoxy) is 1. The lowest BCUT2D eigenvalue weighted by atomic mass is 9.98. The van der Waals surface area contributed by atoms with Gasteiger partial charge in [-0.1, -0.05) is 44.5 Å². The van der Waals surface area contributed by atoms with E-state index in [-0.39, 0.29) is 37.6 Å². The van der Waals surface area contributed by atoms with Crippen molar-refractivity contribution in [2.45, 2.75) is 114 Å². The summed E-state index contributed by atoms with van der Waals surface area (Å²) >= 11 is 0. The average Bonchev–Trinajstić information content (AvgIpc) is 3.93. The van der Waals surface area contributed by atoms with Gasteiger partial charge < -0.3 is 20.3 Å². The Morgan fingerprint density at radius 1 is 1.08 bits per heavy atom. The molecule has 5 atom stereocenters. The van der Waals surface area contributed by atoms with Crippen LogP contribution in [0.1, 0.15) is 81.9 Å². The molecule has 260 valence electrons. The minimum atomic E-state index is -3.88. The number of sulfonamides is 1. The van der Waals surface area contributed by atoms with Gasteiger partial charge in [0.05, 0.1) is 11.8 Å². The SMILES string of the molecule is C=C[C@H]1C[C@]1(NC(=O)[C@@H]1C[C@@H]2CN1C(=O)[C@H](C(C)C)NC(=O)CCCCCc1cccc3c1CN(C3)C(=O)O2)C(=O)NS(=O)(=O)C1CC1. The van der Waals surface area contributed by atoms with E-state index in [0.717, 1.165) is 30.4 Å². The first kappa shape index (κ1) is 33.9. The van der Waals surface area contributed by atoms with Crippen LogP contribution in [-0.4, -0.2) is 83.5 Å². The van der Waals surface area contributed by atoms with Gasteiger partial charge in [-0.15, -0.1) is 6.58 Å². The minimum Gasteiger partial charge on any atom is -0.444 e. The maximum Gasteiger partial charge on any atom is 0.410 e. The maximum absolute atomic E-state index is 14.1. The van der Waals surface area contributed by atoms with Crippen LogP contribution >= 0.6 is 0 Å². The molecule has 5 aliphatic rings. The van der Waals surface area contributed by atoms with Gasteiger partial charge in [0.25, 0.3) is 5.91 Å². The standard InChI is InChI=1S/C34H45N5O8S/c1-4-23-16-34(23,32(43)37-48(45,46)25-13-14-25)36-30(41)27-15-24-18-39(27)31(42)29(20(2)3)35-28(40)12-7-5-6-9-21-10-8-11-22-17-38(19-26(21)22)33(44)47-24/h4,8,10-11,20,23-25,27,29H,1,5-7,9,12-19H2,2-3H3,(H,35,40)(H,36,41)(H,37,43)/t23-,24+,27-,29-,34+/m0/s1. The second kappa shape index (κ2) is 13.2. The first-order valence-corrected chi connectivity index (χ1v) is 18.5. The van der Waals surface area contributed by atoms with Crippen LogP contribution in [0.15, 0.2) is 30.9 Å². The van der Waals surface area contributed by atoms with Crippen molar-refractivity contribution >= 4 is 39.7 Å². The predicted octanol–water partition coefficient (Wildman–Crippen LogP) is 2.03. The van der Waals surface area contributed by atoms with Crippen molar-refractivity contribution in [1.29, 1.82) is 0 Å². The third-order valence-electron chi connectivity index (χ3n) is 10.3. The molecule has 3 heterocycles. The summed E-state index contributed by atoms with van der Waals surface area (Å²) in [5, 5.41) is 4.98. The average molecular weight is 684 g/mol. The van der Waals surface area contributed by atoms with Gasteiger partial charge in [0.15, 0.2) is 0 Å². The number of nitrogens with one attached hydrogen (secondary N) is 3. The second-order valence-electron chi connectivity index (χ2n) is 14.2. The number of carbonyl (C=O) groups is 5. The van der Waals surface area contributed by atoms with E-state index in [1.165, 1.54) is 16.5 Å². The molecule has 1 aromatic rings. The normalized spacial score (nSPS) is 29.4. The molecule has 3 fully saturated rings. The number of hydrogen-bond donors (Lipinski definition) is 3. The van der Waals surface area contributed by atoms with Crippen LogP contribution in [0.5, 0.6) is 0 Å². The molecule has 6 rings (SSSR count). The van der Waals surface area contributed by atoms with E-state index >= 15 is 0 Å². The van der Waals surface area contributed by atoms with Gasteiger partial charge in [-0.3, -0.25) is 28.8 Å². The van der Waals surface area contributed by atoms with Crippen LogP contribution in [0.2, 0.25) is 0 Å². The molecule has 2 saturated carbocycles. The van der Waals surface area contributed by atoms with Crippen molar-refractivity contribution in [1.82, 2.24) is 25.2 Å². The minimum absolute atomic E-state index is 0.0368. The topological polar surface area (TPSA) is 171 Å². The molecule has 1 aromatic carbocycles. The third-order valence-corrected chi connectivity index (χ3v) is 12.1. The Morgan fingerprint density at radius 3 is 2.50 bits per heavy atom. The predicted molar refractivity (Wildman–Crippen MR) is 174 cm³/mol. The zero-order chi connectivity index (χ0) is 34.4. The van der Waals surface area contributed by atoms with Crippen LogP contribution < -0.4 is 15.4 Å². The Balaban J connectivity index is 1.25. The van der Waals surface area contributed by atoms with Crippen LogP contribution in [-0.2, 0) is 53.4 Å². The Bertz CT molecular complexity index is 1620. The molecule has 0 aromatic heterocycles. The summed E-state index contributed by atoms with van der Waals surface area (Å²) in [5.41, 5.74) is 1.78. The highest BCUT2D eigenvalue weighted by Gasteiger charge is 2.62. The third kappa shape index (κ3) is 6.81. The lowest BCUT2D eigenvalue weighted by Crippen LogP contribution is -2.59. The molecule has 0 unspecified atom stereocenters. The van der Waals surface area contributed by atoms with Crippen molar-refractivity contribution in [3.05, 3.63) is 47.5 Å². The van der Waals surface area contributed by atoms with Crippen molar-refractivity contribution in [2.24, 2.45) is 11.8 Å². The van der Waals surface area contributed by atoms with Gasteiger partial charge >= 0.3 is 6.09 Å². The van der Waals surface area contributed by atoms with E-state index in [1.807, 2.05) is 12.1 Å². The Labute approximate surface area is 281 Å². The first-order valence-electron chi connectivity index (χ1n) is 17.0. The summed E-state index contributed by atoms with van der Waals surface area (Å²) < 4.78 is 33.2. The van der Waals surface area contributed by atoms with Gasteiger partial charge in [0, 0.05) is 31.8 Å². The van der Waals surface area contributed by atoms with E-state index in [0.29, 0.717) is 32.4 Å². The lowest BCUT2D eigenvalue weighted by Gasteiger charge is -2.31. The molecule has 3 N–H and O–H groups in total. The molecule has 0 radical (unpaired) electrons. The maximum atomic E-state index is 14.1. The van der Waals surface area contributed by atoms with Gasteiger partial charge in [0.2, 0.25) is 27.7 Å². The zero-order valence-corrected chi connectivity index (χ0v) is 28.4. The number of rotatable bonds is 7. The van der Waals surface area contributed by atoms with E-state index in [2.05, 4.69) is 28.0 Å². The van der Waals surface area contributed by atoms with Crippen molar-refractivity contribution in [3.63, 3.8) is 0 Å². The molecular weight excluding hydrogens is 638 g/mol. The molecule has 4 bridgehead atoms. The number of hydrogen-bond acceptors (Lipinski definition) is 8. The second-order valence-corrected chi connectivity index (χ2v) is 16.2. The molecule has 13 nitrogen and oxygen atoms in total. The fourth-order valence-corrected chi connectivity index (χ4v) is 8.55. The number of benzene rings is 1. The van der Waals surface area contributed by atoms with Gasteiger partial charge in [-0.2, -0.15) is 0 Å². The lowest BCUT2D eigenvalue weighted by molar-refractivity contribution is -0.143. The highest BCUT2D eigenvalue weighted by atomic mass is 32.2. The molecule has 48 heavy (non-hydrogen) atoms. The Morgan fingerprint density at radius 2 is 1.81 bits per heavy atom.